The number of hydrogen-bond donors (Lipinski definition) is 1. The molecule has 0 aliphatic heterocycles. The van der Waals surface area contributed by atoms with Gasteiger partial charge in [0.2, 0.25) is 5.88 Å². The fraction of sp³-hybridized carbons (Fsp3) is 0.231. The van der Waals surface area contributed by atoms with Crippen molar-refractivity contribution in [2.75, 3.05) is 14.2 Å². The number of aromatic nitrogens is 2. The minimum Gasteiger partial charge on any atom is -0.496 e. The third-order valence-corrected chi connectivity index (χ3v) is 2.64. The average molecular weight is 264 g/mol. The quantitative estimate of drug-likeness (QED) is 0.910. The van der Waals surface area contributed by atoms with Crippen LogP contribution in [0.1, 0.15) is 17.4 Å². The number of aliphatic hydroxyl groups excluding tert-OH is 1. The summed E-state index contributed by atoms with van der Waals surface area (Å²) < 4.78 is 23.2. The number of hydrogen-bond acceptors (Lipinski definition) is 5. The van der Waals surface area contributed by atoms with Crippen LogP contribution in [0.15, 0.2) is 30.3 Å². The average Bonchev–Trinajstić information content (AvgIpc) is 2.46. The molecule has 100 valence electrons. The predicted octanol–water partition coefficient (Wildman–Crippen LogP) is 1.71. The van der Waals surface area contributed by atoms with Crippen LogP contribution in [-0.4, -0.2) is 29.5 Å². The maximum Gasteiger partial charge on any atom is 0.233 e. The summed E-state index contributed by atoms with van der Waals surface area (Å²) in [6.45, 7) is 0. The number of aliphatic hydroxyl groups is 1. The second kappa shape index (κ2) is 5.62. The van der Waals surface area contributed by atoms with Crippen molar-refractivity contribution in [2.24, 2.45) is 0 Å². The van der Waals surface area contributed by atoms with Crippen LogP contribution in [0.25, 0.3) is 0 Å². The molecule has 1 heterocycles. The van der Waals surface area contributed by atoms with Crippen molar-refractivity contribution in [3.05, 3.63) is 47.4 Å². The minimum atomic E-state index is -1.12. The molecule has 2 rings (SSSR count). The van der Waals surface area contributed by atoms with Gasteiger partial charge in [0.05, 0.1) is 19.9 Å². The number of halogens is 1. The van der Waals surface area contributed by atoms with Gasteiger partial charge in [0, 0.05) is 11.6 Å². The lowest BCUT2D eigenvalue weighted by Crippen LogP contribution is -2.06. The molecule has 0 saturated carbocycles. The summed E-state index contributed by atoms with van der Waals surface area (Å²) in [5.41, 5.74) is 0.576. The molecular formula is C13H13FN2O3. The fourth-order valence-corrected chi connectivity index (χ4v) is 1.66. The molecule has 0 aliphatic rings. The van der Waals surface area contributed by atoms with Crippen molar-refractivity contribution < 1.29 is 19.0 Å². The van der Waals surface area contributed by atoms with Gasteiger partial charge in [-0.1, -0.05) is 0 Å². The van der Waals surface area contributed by atoms with Crippen molar-refractivity contribution in [3.8, 4) is 11.6 Å². The van der Waals surface area contributed by atoms with E-state index >= 15 is 0 Å². The van der Waals surface area contributed by atoms with Crippen molar-refractivity contribution in [2.45, 2.75) is 6.10 Å². The van der Waals surface area contributed by atoms with Gasteiger partial charge >= 0.3 is 0 Å². The Morgan fingerprint density at radius 1 is 1.11 bits per heavy atom. The molecule has 0 spiro atoms. The monoisotopic (exact) mass is 264 g/mol. The standard InChI is InChI=1S/C13H13FN2O3/c1-18-11-5-3-8(14)7-9(11)13(17)10-4-6-12(19-2)16-15-10/h3-7,13,17H,1-2H3. The summed E-state index contributed by atoms with van der Waals surface area (Å²) in [4.78, 5) is 0. The van der Waals surface area contributed by atoms with Gasteiger partial charge in [-0.25, -0.2) is 4.39 Å². The van der Waals surface area contributed by atoms with Crippen LogP contribution >= 0.6 is 0 Å². The topological polar surface area (TPSA) is 64.5 Å². The minimum absolute atomic E-state index is 0.282. The molecule has 6 heteroatoms. The summed E-state index contributed by atoms with van der Waals surface area (Å²) in [5, 5.41) is 17.8. The van der Waals surface area contributed by atoms with Crippen LogP contribution in [-0.2, 0) is 0 Å². The summed E-state index contributed by atoms with van der Waals surface area (Å²) in [6.07, 6.45) is -1.12. The Kier molecular flexibility index (Phi) is 3.91. The van der Waals surface area contributed by atoms with E-state index in [-0.39, 0.29) is 5.69 Å². The zero-order valence-corrected chi connectivity index (χ0v) is 10.5. The van der Waals surface area contributed by atoms with Gasteiger partial charge in [-0.15, -0.1) is 10.2 Å². The number of methoxy groups -OCH3 is 2. The lowest BCUT2D eigenvalue weighted by atomic mass is 10.0. The Labute approximate surface area is 109 Å². The number of rotatable bonds is 4. The fourth-order valence-electron chi connectivity index (χ4n) is 1.66. The molecule has 0 amide bonds. The summed E-state index contributed by atoms with van der Waals surface area (Å²) in [5.74, 6) is 0.255. The van der Waals surface area contributed by atoms with Gasteiger partial charge in [-0.2, -0.15) is 0 Å². The number of benzene rings is 1. The molecule has 1 unspecified atom stereocenters. The molecule has 0 saturated heterocycles. The van der Waals surface area contributed by atoms with Gasteiger partial charge in [0.1, 0.15) is 17.7 Å². The van der Waals surface area contributed by atoms with E-state index in [1.807, 2.05) is 0 Å². The van der Waals surface area contributed by atoms with Crippen molar-refractivity contribution >= 4 is 0 Å². The van der Waals surface area contributed by atoms with Crippen LogP contribution in [0.3, 0.4) is 0 Å². The van der Waals surface area contributed by atoms with Crippen molar-refractivity contribution in [1.82, 2.24) is 10.2 Å². The molecule has 19 heavy (non-hydrogen) atoms. The largest absolute Gasteiger partial charge is 0.496 e. The van der Waals surface area contributed by atoms with Crippen LogP contribution in [0.4, 0.5) is 4.39 Å². The molecule has 5 nitrogen and oxygen atoms in total. The Morgan fingerprint density at radius 2 is 1.89 bits per heavy atom. The molecule has 1 aromatic carbocycles. The SMILES string of the molecule is COc1ccc(C(O)c2cc(F)ccc2OC)nn1. The number of nitrogens with zero attached hydrogens (tertiary/aromatic N) is 2. The highest BCUT2D eigenvalue weighted by atomic mass is 19.1. The zero-order valence-electron chi connectivity index (χ0n) is 10.5. The maximum absolute atomic E-state index is 13.3. The Bertz CT molecular complexity index is 560. The first-order valence-corrected chi connectivity index (χ1v) is 5.55. The molecule has 2 aromatic rings. The molecule has 1 atom stereocenters. The lowest BCUT2D eigenvalue weighted by Gasteiger charge is -2.14. The molecule has 0 aliphatic carbocycles. The van der Waals surface area contributed by atoms with Crippen molar-refractivity contribution in [3.63, 3.8) is 0 Å². The van der Waals surface area contributed by atoms with Crippen LogP contribution in [0.5, 0.6) is 11.6 Å². The second-order valence-electron chi connectivity index (χ2n) is 3.79. The predicted molar refractivity (Wildman–Crippen MR) is 65.6 cm³/mol. The highest BCUT2D eigenvalue weighted by molar-refractivity contribution is 5.39. The number of ether oxygens (including phenoxy) is 2. The first-order chi connectivity index (χ1) is 9.15. The molecule has 1 N–H and O–H groups in total. The lowest BCUT2D eigenvalue weighted by molar-refractivity contribution is 0.207. The maximum atomic E-state index is 13.3. The van der Waals surface area contributed by atoms with Gasteiger partial charge in [-0.3, -0.25) is 0 Å². The van der Waals surface area contributed by atoms with Gasteiger partial charge < -0.3 is 14.6 Å². The first-order valence-electron chi connectivity index (χ1n) is 5.55. The van der Waals surface area contributed by atoms with E-state index in [1.54, 1.807) is 12.1 Å². The third-order valence-electron chi connectivity index (χ3n) is 2.64. The first kappa shape index (κ1) is 13.2. The van der Waals surface area contributed by atoms with Gasteiger partial charge in [0.25, 0.3) is 0 Å². The smallest absolute Gasteiger partial charge is 0.233 e. The van der Waals surface area contributed by atoms with Crippen LogP contribution in [0.2, 0.25) is 0 Å². The third kappa shape index (κ3) is 2.79. The zero-order chi connectivity index (χ0) is 13.8. The van der Waals surface area contributed by atoms with E-state index in [0.717, 1.165) is 0 Å². The van der Waals surface area contributed by atoms with E-state index in [1.165, 1.54) is 32.4 Å². The van der Waals surface area contributed by atoms with Gasteiger partial charge in [0.15, 0.2) is 0 Å². The second-order valence-corrected chi connectivity index (χ2v) is 3.79. The summed E-state index contributed by atoms with van der Waals surface area (Å²) in [7, 11) is 2.92. The summed E-state index contributed by atoms with van der Waals surface area (Å²) in [6, 6.07) is 7.03. The Hall–Kier alpha value is -2.21. The van der Waals surface area contributed by atoms with Crippen molar-refractivity contribution in [1.29, 1.82) is 0 Å². The van der Waals surface area contributed by atoms with E-state index in [2.05, 4.69) is 10.2 Å². The Morgan fingerprint density at radius 3 is 2.47 bits per heavy atom. The molecule has 0 radical (unpaired) electrons. The Balaban J connectivity index is 2.36. The van der Waals surface area contributed by atoms with E-state index < -0.39 is 11.9 Å². The molecule has 0 bridgehead atoms. The van der Waals surface area contributed by atoms with E-state index in [0.29, 0.717) is 17.2 Å². The van der Waals surface area contributed by atoms with E-state index in [4.69, 9.17) is 9.47 Å². The summed E-state index contributed by atoms with van der Waals surface area (Å²) >= 11 is 0. The van der Waals surface area contributed by atoms with Gasteiger partial charge in [-0.05, 0) is 24.3 Å². The highest BCUT2D eigenvalue weighted by Gasteiger charge is 2.18. The van der Waals surface area contributed by atoms with E-state index in [9.17, 15) is 9.50 Å². The highest BCUT2D eigenvalue weighted by Crippen LogP contribution is 2.29. The molecule has 0 fully saturated rings. The molecular weight excluding hydrogens is 251 g/mol. The normalized spacial score (nSPS) is 12.0. The molecule has 1 aromatic heterocycles. The van der Waals surface area contributed by atoms with Crippen LogP contribution in [0, 0.1) is 5.82 Å². The van der Waals surface area contributed by atoms with Crippen LogP contribution < -0.4 is 9.47 Å².